The van der Waals surface area contributed by atoms with Crippen molar-refractivity contribution < 1.29 is 9.73 Å². The molecule has 24 heavy (non-hydrogen) atoms. The molecule has 1 aromatic heterocycles. The molecule has 0 spiro atoms. The van der Waals surface area contributed by atoms with Gasteiger partial charge in [0.2, 0.25) is 0 Å². The molecule has 0 saturated heterocycles. The first-order valence-corrected chi connectivity index (χ1v) is 8.72. The standard InChI is InChI=1S/C22H25NO/c1-17-10-12-20(13-11-17)21(22-9-6-16-24-22)14-15-23-18(2)19-7-4-3-5-8-19/h3-13,16,18,21,23H,14-15H2,1-2H3/p+1/t18-,21-/m1/s1. The topological polar surface area (TPSA) is 29.8 Å². The predicted octanol–water partition coefficient (Wildman–Crippen LogP) is 4.43. The Morgan fingerprint density at radius 2 is 1.62 bits per heavy atom. The first-order chi connectivity index (χ1) is 11.7. The van der Waals surface area contributed by atoms with Gasteiger partial charge >= 0.3 is 0 Å². The summed E-state index contributed by atoms with van der Waals surface area (Å²) in [5.74, 6) is 1.37. The smallest absolute Gasteiger partial charge is 0.111 e. The van der Waals surface area contributed by atoms with Crippen molar-refractivity contribution in [3.8, 4) is 0 Å². The quantitative estimate of drug-likeness (QED) is 0.685. The molecule has 0 aliphatic carbocycles. The van der Waals surface area contributed by atoms with Crippen LogP contribution in [0.1, 0.15) is 47.8 Å². The average Bonchev–Trinajstić information content (AvgIpc) is 3.15. The zero-order valence-corrected chi connectivity index (χ0v) is 14.5. The van der Waals surface area contributed by atoms with Crippen molar-refractivity contribution in [3.63, 3.8) is 0 Å². The number of nitrogens with two attached hydrogens (primary N) is 1. The second-order valence-corrected chi connectivity index (χ2v) is 6.49. The van der Waals surface area contributed by atoms with Gasteiger partial charge in [0.05, 0.1) is 12.8 Å². The van der Waals surface area contributed by atoms with Gasteiger partial charge in [0.1, 0.15) is 11.8 Å². The summed E-state index contributed by atoms with van der Waals surface area (Å²) in [5.41, 5.74) is 4.00. The highest BCUT2D eigenvalue weighted by molar-refractivity contribution is 5.29. The molecule has 124 valence electrons. The zero-order chi connectivity index (χ0) is 16.8. The molecule has 0 aliphatic rings. The van der Waals surface area contributed by atoms with Gasteiger partial charge in [-0.2, -0.15) is 0 Å². The van der Waals surface area contributed by atoms with Crippen molar-refractivity contribution in [2.75, 3.05) is 6.54 Å². The van der Waals surface area contributed by atoms with Crippen LogP contribution in [0.4, 0.5) is 0 Å². The second-order valence-electron chi connectivity index (χ2n) is 6.49. The van der Waals surface area contributed by atoms with E-state index >= 15 is 0 Å². The highest BCUT2D eigenvalue weighted by Crippen LogP contribution is 2.28. The lowest BCUT2D eigenvalue weighted by molar-refractivity contribution is -0.693. The maximum absolute atomic E-state index is 5.71. The van der Waals surface area contributed by atoms with E-state index in [1.54, 1.807) is 6.26 Å². The Morgan fingerprint density at radius 1 is 0.875 bits per heavy atom. The summed E-state index contributed by atoms with van der Waals surface area (Å²) >= 11 is 0. The van der Waals surface area contributed by atoms with Gasteiger partial charge in [0, 0.05) is 17.9 Å². The first-order valence-electron chi connectivity index (χ1n) is 8.72. The predicted molar refractivity (Wildman–Crippen MR) is 98.0 cm³/mol. The largest absolute Gasteiger partial charge is 0.469 e. The van der Waals surface area contributed by atoms with Crippen LogP contribution in [-0.4, -0.2) is 6.54 Å². The summed E-state index contributed by atoms with van der Waals surface area (Å²) < 4.78 is 5.71. The number of furan rings is 1. The fraction of sp³-hybridized carbons (Fsp3) is 0.273. The molecule has 3 aromatic rings. The van der Waals surface area contributed by atoms with Crippen molar-refractivity contribution >= 4 is 0 Å². The molecule has 2 heteroatoms. The summed E-state index contributed by atoms with van der Waals surface area (Å²) in [6.45, 7) is 5.46. The molecule has 1 heterocycles. The number of hydrogen-bond acceptors (Lipinski definition) is 1. The van der Waals surface area contributed by atoms with Gasteiger partial charge in [-0.15, -0.1) is 0 Å². The summed E-state index contributed by atoms with van der Waals surface area (Å²) in [7, 11) is 0. The molecular weight excluding hydrogens is 294 g/mol. The molecule has 2 atom stereocenters. The average molecular weight is 320 g/mol. The van der Waals surface area contributed by atoms with E-state index < -0.39 is 0 Å². The van der Waals surface area contributed by atoms with Crippen LogP contribution in [-0.2, 0) is 0 Å². The Balaban J connectivity index is 1.66. The molecule has 0 amide bonds. The van der Waals surface area contributed by atoms with Crippen molar-refractivity contribution in [3.05, 3.63) is 95.4 Å². The first kappa shape index (κ1) is 16.5. The van der Waals surface area contributed by atoms with Gasteiger partial charge in [-0.05, 0) is 31.5 Å². The molecule has 0 unspecified atom stereocenters. The number of aryl methyl sites for hydroxylation is 1. The van der Waals surface area contributed by atoms with Crippen molar-refractivity contribution in [2.45, 2.75) is 32.2 Å². The Hall–Kier alpha value is -2.32. The van der Waals surface area contributed by atoms with E-state index in [9.17, 15) is 0 Å². The Bertz CT molecular complexity index is 716. The molecule has 0 fully saturated rings. The lowest BCUT2D eigenvalue weighted by Gasteiger charge is -2.17. The highest BCUT2D eigenvalue weighted by atomic mass is 16.3. The van der Waals surface area contributed by atoms with Crippen LogP contribution in [0.2, 0.25) is 0 Å². The van der Waals surface area contributed by atoms with E-state index in [4.69, 9.17) is 4.42 Å². The fourth-order valence-electron chi connectivity index (χ4n) is 3.17. The lowest BCUT2D eigenvalue weighted by Crippen LogP contribution is -2.84. The normalized spacial score (nSPS) is 13.6. The zero-order valence-electron chi connectivity index (χ0n) is 14.5. The van der Waals surface area contributed by atoms with E-state index in [1.807, 2.05) is 6.07 Å². The van der Waals surface area contributed by atoms with Crippen LogP contribution >= 0.6 is 0 Å². The summed E-state index contributed by atoms with van der Waals surface area (Å²) in [5, 5.41) is 2.42. The highest BCUT2D eigenvalue weighted by Gasteiger charge is 2.18. The molecule has 2 aromatic carbocycles. The number of benzene rings is 2. The van der Waals surface area contributed by atoms with E-state index in [2.05, 4.69) is 79.8 Å². The van der Waals surface area contributed by atoms with Crippen LogP contribution in [0.15, 0.2) is 77.4 Å². The summed E-state index contributed by atoms with van der Waals surface area (Å²) in [4.78, 5) is 0. The lowest BCUT2D eigenvalue weighted by atomic mass is 9.92. The van der Waals surface area contributed by atoms with Gasteiger partial charge < -0.3 is 9.73 Å². The van der Waals surface area contributed by atoms with Crippen LogP contribution in [0.5, 0.6) is 0 Å². The van der Waals surface area contributed by atoms with Crippen LogP contribution in [0.25, 0.3) is 0 Å². The third-order valence-electron chi connectivity index (χ3n) is 4.67. The van der Waals surface area contributed by atoms with E-state index in [0.717, 1.165) is 18.7 Å². The van der Waals surface area contributed by atoms with Gasteiger partial charge in [-0.25, -0.2) is 0 Å². The molecule has 0 bridgehead atoms. The van der Waals surface area contributed by atoms with Gasteiger partial charge in [0.25, 0.3) is 0 Å². The maximum atomic E-state index is 5.71. The van der Waals surface area contributed by atoms with Crippen LogP contribution in [0.3, 0.4) is 0 Å². The molecule has 0 saturated carbocycles. The molecule has 0 radical (unpaired) electrons. The Morgan fingerprint density at radius 3 is 2.29 bits per heavy atom. The van der Waals surface area contributed by atoms with Gasteiger partial charge in [-0.3, -0.25) is 0 Å². The minimum absolute atomic E-state index is 0.319. The third kappa shape index (κ3) is 4.15. The van der Waals surface area contributed by atoms with Crippen LogP contribution < -0.4 is 5.32 Å². The number of hydrogen-bond donors (Lipinski definition) is 1. The number of rotatable bonds is 7. The van der Waals surface area contributed by atoms with Gasteiger partial charge in [0.15, 0.2) is 0 Å². The minimum atomic E-state index is 0.319. The minimum Gasteiger partial charge on any atom is -0.469 e. The van der Waals surface area contributed by atoms with E-state index in [1.165, 1.54) is 16.7 Å². The van der Waals surface area contributed by atoms with E-state index in [0.29, 0.717) is 12.0 Å². The Kier molecular flexibility index (Phi) is 5.50. The maximum Gasteiger partial charge on any atom is 0.111 e. The summed E-state index contributed by atoms with van der Waals surface area (Å²) in [6.07, 6.45) is 2.83. The van der Waals surface area contributed by atoms with Crippen molar-refractivity contribution in [2.24, 2.45) is 0 Å². The molecule has 0 aliphatic heterocycles. The fourth-order valence-corrected chi connectivity index (χ4v) is 3.17. The number of quaternary nitrogens is 1. The van der Waals surface area contributed by atoms with E-state index in [-0.39, 0.29) is 0 Å². The molecule has 2 nitrogen and oxygen atoms in total. The van der Waals surface area contributed by atoms with Crippen molar-refractivity contribution in [1.29, 1.82) is 0 Å². The Labute approximate surface area is 144 Å². The van der Waals surface area contributed by atoms with Gasteiger partial charge in [-0.1, -0.05) is 60.2 Å². The van der Waals surface area contributed by atoms with Crippen molar-refractivity contribution in [1.82, 2.24) is 0 Å². The monoisotopic (exact) mass is 320 g/mol. The second kappa shape index (κ2) is 7.98. The summed E-state index contributed by atoms with van der Waals surface area (Å²) in [6, 6.07) is 24.0. The SMILES string of the molecule is Cc1ccc([C@@H](CC[NH2+][C@H](C)c2ccccc2)c2ccco2)cc1. The molecular formula is C22H26NO+. The molecule has 3 rings (SSSR count). The molecule has 2 N–H and O–H groups in total. The van der Waals surface area contributed by atoms with Crippen LogP contribution in [0, 0.1) is 6.92 Å². The third-order valence-corrected chi connectivity index (χ3v) is 4.67.